The maximum atomic E-state index is 8.58. The molecule has 0 heterocycles. The highest BCUT2D eigenvalue weighted by molar-refractivity contribution is 4.98. The van der Waals surface area contributed by atoms with Gasteiger partial charge in [0.2, 0.25) is 0 Å². The number of nitrogens with one attached hydrogen (secondary N) is 1. The predicted octanol–water partition coefficient (Wildman–Crippen LogP) is 1.29. The lowest BCUT2D eigenvalue weighted by Gasteiger charge is -2.06. The molecule has 0 saturated heterocycles. The second-order valence-corrected chi connectivity index (χ2v) is 3.08. The van der Waals surface area contributed by atoms with Gasteiger partial charge < -0.3 is 0 Å². The molecule has 0 bridgehead atoms. The Kier molecular flexibility index (Phi) is 2.29. The summed E-state index contributed by atoms with van der Waals surface area (Å²) in [6.45, 7) is 4.25. The summed E-state index contributed by atoms with van der Waals surface area (Å²) in [5, 5.41) is 11.9. The molecule has 1 unspecified atom stereocenters. The van der Waals surface area contributed by atoms with Crippen LogP contribution in [0.3, 0.4) is 0 Å². The molecular weight excluding hydrogens is 124 g/mol. The smallest absolute Gasteiger partial charge is 0.0952 e. The highest BCUT2D eigenvalue weighted by Crippen LogP contribution is 2.29. The minimum atomic E-state index is 0.0787. The van der Waals surface area contributed by atoms with Crippen molar-refractivity contribution < 1.29 is 0 Å². The molecule has 10 heavy (non-hydrogen) atoms. The van der Waals surface area contributed by atoms with Crippen molar-refractivity contribution in [2.75, 3.05) is 0 Å². The average molecular weight is 138 g/mol. The first-order chi connectivity index (χ1) is 4.77. The minimum absolute atomic E-state index is 0.0787. The second-order valence-electron chi connectivity index (χ2n) is 3.08. The lowest BCUT2D eigenvalue weighted by molar-refractivity contribution is 0.565. The number of nitriles is 1. The van der Waals surface area contributed by atoms with E-state index in [0.717, 1.165) is 12.3 Å². The van der Waals surface area contributed by atoms with Crippen molar-refractivity contribution in [3.8, 4) is 6.07 Å². The Balaban J connectivity index is 2.18. The van der Waals surface area contributed by atoms with Crippen molar-refractivity contribution in [3.05, 3.63) is 0 Å². The second kappa shape index (κ2) is 3.03. The topological polar surface area (TPSA) is 35.8 Å². The van der Waals surface area contributed by atoms with Crippen LogP contribution in [0.5, 0.6) is 0 Å². The average Bonchev–Trinajstić information content (AvgIpc) is 2.62. The maximum Gasteiger partial charge on any atom is 0.0952 e. The Morgan fingerprint density at radius 1 is 1.80 bits per heavy atom. The Morgan fingerprint density at radius 3 is 2.70 bits per heavy atom. The van der Waals surface area contributed by atoms with Gasteiger partial charge in [-0.15, -0.1) is 0 Å². The van der Waals surface area contributed by atoms with Crippen LogP contribution < -0.4 is 5.32 Å². The fraction of sp³-hybridized carbons (Fsp3) is 0.875. The summed E-state index contributed by atoms with van der Waals surface area (Å²) >= 11 is 0. The lowest BCUT2D eigenvalue weighted by atomic mass is 10.2. The quantitative estimate of drug-likeness (QED) is 0.637. The molecule has 0 aromatic rings. The number of hydrogen-bond acceptors (Lipinski definition) is 2. The Hall–Kier alpha value is -0.550. The highest BCUT2D eigenvalue weighted by atomic mass is 15.0. The third kappa shape index (κ3) is 1.71. The van der Waals surface area contributed by atoms with Crippen LogP contribution in [0.25, 0.3) is 0 Å². The van der Waals surface area contributed by atoms with Crippen molar-refractivity contribution in [2.24, 2.45) is 5.92 Å². The molecule has 1 aliphatic carbocycles. The van der Waals surface area contributed by atoms with Crippen molar-refractivity contribution in [2.45, 2.75) is 38.8 Å². The molecular formula is C8H14N2. The summed E-state index contributed by atoms with van der Waals surface area (Å²) in [6, 6.07) is 2.94. The van der Waals surface area contributed by atoms with Crippen LogP contribution in [0.1, 0.15) is 26.7 Å². The van der Waals surface area contributed by atoms with Crippen LogP contribution in [0.2, 0.25) is 0 Å². The molecule has 1 N–H and O–H groups in total. The van der Waals surface area contributed by atoms with Gasteiger partial charge in [0, 0.05) is 6.04 Å². The molecule has 0 aromatic heterocycles. The number of rotatable bonds is 3. The summed E-state index contributed by atoms with van der Waals surface area (Å²) in [5.74, 6) is 0.794. The van der Waals surface area contributed by atoms with Crippen molar-refractivity contribution in [3.63, 3.8) is 0 Å². The third-order valence-corrected chi connectivity index (χ3v) is 2.09. The number of nitrogens with zero attached hydrogens (tertiary/aromatic N) is 1. The van der Waals surface area contributed by atoms with E-state index in [1.807, 2.05) is 6.92 Å². The summed E-state index contributed by atoms with van der Waals surface area (Å²) in [6.07, 6.45) is 2.16. The zero-order valence-electron chi connectivity index (χ0n) is 6.59. The van der Waals surface area contributed by atoms with Crippen LogP contribution in [-0.4, -0.2) is 12.1 Å². The van der Waals surface area contributed by atoms with Crippen molar-refractivity contribution in [1.82, 2.24) is 5.32 Å². The summed E-state index contributed by atoms with van der Waals surface area (Å²) < 4.78 is 0. The Labute approximate surface area is 62.2 Å². The first-order valence-corrected chi connectivity index (χ1v) is 3.93. The van der Waals surface area contributed by atoms with Gasteiger partial charge in [-0.25, -0.2) is 0 Å². The van der Waals surface area contributed by atoms with Gasteiger partial charge in [-0.1, -0.05) is 13.8 Å². The Morgan fingerprint density at radius 2 is 2.40 bits per heavy atom. The number of hydrogen-bond donors (Lipinski definition) is 1. The molecule has 1 saturated carbocycles. The zero-order chi connectivity index (χ0) is 7.56. The van der Waals surface area contributed by atoms with Gasteiger partial charge in [0.15, 0.2) is 0 Å². The molecule has 0 aromatic carbocycles. The fourth-order valence-electron chi connectivity index (χ4n) is 1.06. The molecule has 0 spiro atoms. The van der Waals surface area contributed by atoms with Crippen molar-refractivity contribution in [1.29, 1.82) is 5.26 Å². The van der Waals surface area contributed by atoms with E-state index in [1.54, 1.807) is 0 Å². The van der Waals surface area contributed by atoms with E-state index in [4.69, 9.17) is 5.26 Å². The van der Waals surface area contributed by atoms with E-state index < -0.39 is 0 Å². The molecule has 0 aliphatic heterocycles. The van der Waals surface area contributed by atoms with E-state index >= 15 is 0 Å². The molecule has 2 nitrogen and oxygen atoms in total. The van der Waals surface area contributed by atoms with Gasteiger partial charge >= 0.3 is 0 Å². The van der Waals surface area contributed by atoms with Crippen LogP contribution in [0.4, 0.5) is 0 Å². The molecule has 0 radical (unpaired) electrons. The van der Waals surface area contributed by atoms with Crippen LogP contribution in [0.15, 0.2) is 0 Å². The van der Waals surface area contributed by atoms with E-state index in [-0.39, 0.29) is 6.04 Å². The van der Waals surface area contributed by atoms with E-state index in [1.165, 1.54) is 6.42 Å². The monoisotopic (exact) mass is 138 g/mol. The minimum Gasteiger partial charge on any atom is -0.299 e. The van der Waals surface area contributed by atoms with Gasteiger partial charge in [-0.3, -0.25) is 5.32 Å². The molecule has 1 aliphatic rings. The van der Waals surface area contributed by atoms with Gasteiger partial charge in [0.25, 0.3) is 0 Å². The normalized spacial score (nSPS) is 32.9. The zero-order valence-corrected chi connectivity index (χ0v) is 6.59. The Bertz CT molecular complexity index is 148. The fourth-order valence-corrected chi connectivity index (χ4v) is 1.06. The third-order valence-electron chi connectivity index (χ3n) is 2.09. The molecule has 3 atom stereocenters. The van der Waals surface area contributed by atoms with Crippen molar-refractivity contribution >= 4 is 0 Å². The van der Waals surface area contributed by atoms with Crippen LogP contribution >= 0.6 is 0 Å². The van der Waals surface area contributed by atoms with Crippen LogP contribution in [0, 0.1) is 17.2 Å². The standard InChI is InChI=1S/C8H14N2/c1-3-7(5-9)10-8-4-6(8)2/h6-8,10H,3-4H2,1-2H3/t6-,7?,8-/m1/s1. The van der Waals surface area contributed by atoms with Gasteiger partial charge in [0.1, 0.15) is 0 Å². The molecule has 1 fully saturated rings. The van der Waals surface area contributed by atoms with E-state index in [0.29, 0.717) is 6.04 Å². The maximum absolute atomic E-state index is 8.58. The van der Waals surface area contributed by atoms with Gasteiger partial charge in [-0.05, 0) is 18.8 Å². The first kappa shape index (κ1) is 7.56. The predicted molar refractivity (Wildman–Crippen MR) is 40.4 cm³/mol. The summed E-state index contributed by atoms with van der Waals surface area (Å²) in [5.41, 5.74) is 0. The SMILES string of the molecule is CCC(C#N)N[C@@H]1C[C@H]1C. The van der Waals surface area contributed by atoms with Crippen LogP contribution in [-0.2, 0) is 0 Å². The molecule has 1 rings (SSSR count). The van der Waals surface area contributed by atoms with Gasteiger partial charge in [-0.2, -0.15) is 5.26 Å². The molecule has 56 valence electrons. The molecule has 2 heteroatoms. The largest absolute Gasteiger partial charge is 0.299 e. The summed E-state index contributed by atoms with van der Waals surface area (Å²) in [7, 11) is 0. The first-order valence-electron chi connectivity index (χ1n) is 3.93. The molecule has 0 amide bonds. The summed E-state index contributed by atoms with van der Waals surface area (Å²) in [4.78, 5) is 0. The van der Waals surface area contributed by atoms with Gasteiger partial charge in [0.05, 0.1) is 12.1 Å². The van der Waals surface area contributed by atoms with E-state index in [2.05, 4.69) is 18.3 Å². The highest BCUT2D eigenvalue weighted by Gasteiger charge is 2.33. The lowest BCUT2D eigenvalue weighted by Crippen LogP contribution is -2.29. The van der Waals surface area contributed by atoms with E-state index in [9.17, 15) is 0 Å².